The van der Waals surface area contributed by atoms with E-state index in [-0.39, 0.29) is 16.7 Å². The fourth-order valence-electron chi connectivity index (χ4n) is 8.28. The summed E-state index contributed by atoms with van der Waals surface area (Å²) in [6.07, 6.45) is 7.40. The summed E-state index contributed by atoms with van der Waals surface area (Å²) in [7, 11) is 1.70. The molecule has 0 amide bonds. The SMILES string of the molecule is C=C1CC(F)C2C3C/C(=N\COC)C4C/C(=N/COC5CCNC5)CC[C@]4(C)C3CC[C@]12C. The van der Waals surface area contributed by atoms with E-state index < -0.39 is 6.17 Å². The molecule has 0 spiro atoms. The van der Waals surface area contributed by atoms with Crippen LogP contribution in [0.4, 0.5) is 4.39 Å². The lowest BCUT2D eigenvalue weighted by Gasteiger charge is -2.60. The van der Waals surface area contributed by atoms with Crippen molar-refractivity contribution in [1.82, 2.24) is 5.32 Å². The highest BCUT2D eigenvalue weighted by atomic mass is 19.1. The number of fused-ring (bicyclic) bond motifs is 5. The Bertz CT molecular complexity index is 822. The molecule has 0 bridgehead atoms. The molecular formula is C27H42FN3O2. The van der Waals surface area contributed by atoms with Crippen molar-refractivity contribution in [2.75, 3.05) is 33.7 Å². The molecule has 6 heteroatoms. The minimum absolute atomic E-state index is 0.0517. The van der Waals surface area contributed by atoms with Crippen molar-refractivity contribution >= 4 is 11.4 Å². The van der Waals surface area contributed by atoms with Gasteiger partial charge in [-0.15, -0.1) is 0 Å². The number of halogens is 1. The van der Waals surface area contributed by atoms with Crippen molar-refractivity contribution in [3.05, 3.63) is 12.2 Å². The molecule has 1 aliphatic heterocycles. The summed E-state index contributed by atoms with van der Waals surface area (Å²) in [5.74, 6) is 1.36. The molecule has 5 aliphatic rings. The maximum atomic E-state index is 15.4. The van der Waals surface area contributed by atoms with E-state index in [4.69, 9.17) is 19.5 Å². The van der Waals surface area contributed by atoms with E-state index in [1.165, 1.54) is 17.8 Å². The third kappa shape index (κ3) is 4.04. The van der Waals surface area contributed by atoms with E-state index >= 15 is 4.39 Å². The van der Waals surface area contributed by atoms with E-state index in [2.05, 4.69) is 25.7 Å². The van der Waals surface area contributed by atoms with Gasteiger partial charge in [-0.1, -0.05) is 26.0 Å². The van der Waals surface area contributed by atoms with Gasteiger partial charge >= 0.3 is 0 Å². The smallest absolute Gasteiger partial charge is 0.137 e. The zero-order valence-electron chi connectivity index (χ0n) is 20.7. The van der Waals surface area contributed by atoms with Gasteiger partial charge in [0.25, 0.3) is 0 Å². The first kappa shape index (κ1) is 23.6. The molecular weight excluding hydrogens is 417 g/mol. The number of hydrogen-bond acceptors (Lipinski definition) is 5. The van der Waals surface area contributed by atoms with Crippen molar-refractivity contribution in [3.8, 4) is 0 Å². The van der Waals surface area contributed by atoms with Crippen LogP contribution in [-0.4, -0.2) is 57.4 Å². The van der Waals surface area contributed by atoms with Crippen LogP contribution < -0.4 is 5.32 Å². The standard InChI is InChI=1S/C27H42FN3O2/c1-17-11-23(28)25-20-13-24(31-15-32-4)22-12-18(30-16-33-19-7-10-29-14-19)5-8-27(22,3)21(20)6-9-26(17,25)2/h19-23,25,29H,1,5-16H2,2-4H3/b30-18+,31-24+/t19?,20?,21?,22?,23?,25?,26-,27-/m1/s1. The lowest BCUT2D eigenvalue weighted by Crippen LogP contribution is -2.57. The van der Waals surface area contributed by atoms with Crippen molar-refractivity contribution in [2.24, 2.45) is 44.5 Å². The molecule has 0 radical (unpaired) electrons. The number of alkyl halides is 1. The van der Waals surface area contributed by atoms with Crippen molar-refractivity contribution in [1.29, 1.82) is 0 Å². The second-order valence-electron chi connectivity index (χ2n) is 11.7. The average molecular weight is 460 g/mol. The minimum Gasteiger partial charge on any atom is -0.363 e. The Morgan fingerprint density at radius 1 is 1.12 bits per heavy atom. The number of methoxy groups -OCH3 is 1. The summed E-state index contributed by atoms with van der Waals surface area (Å²) in [5, 5.41) is 3.35. The molecule has 8 atom stereocenters. The molecule has 33 heavy (non-hydrogen) atoms. The second kappa shape index (κ2) is 9.16. The molecule has 5 fully saturated rings. The fraction of sp³-hybridized carbons (Fsp3) is 0.852. The van der Waals surface area contributed by atoms with Gasteiger partial charge in [0, 0.05) is 43.3 Å². The van der Waals surface area contributed by atoms with Gasteiger partial charge in [-0.25, -0.2) is 4.39 Å². The number of aliphatic imine (C=N–C) groups is 2. The molecule has 5 rings (SSSR count). The number of nitrogens with zero attached hydrogens (tertiary/aromatic N) is 2. The fourth-order valence-corrected chi connectivity index (χ4v) is 8.28. The Hall–Kier alpha value is -1.11. The van der Waals surface area contributed by atoms with Gasteiger partial charge in [-0.2, -0.15) is 0 Å². The largest absolute Gasteiger partial charge is 0.363 e. The summed E-state index contributed by atoms with van der Waals surface area (Å²) in [6.45, 7) is 11.9. The predicted molar refractivity (Wildman–Crippen MR) is 131 cm³/mol. The average Bonchev–Trinajstić information content (AvgIpc) is 3.38. The maximum Gasteiger partial charge on any atom is 0.137 e. The zero-order chi connectivity index (χ0) is 23.2. The van der Waals surface area contributed by atoms with Crippen LogP contribution >= 0.6 is 0 Å². The number of ether oxygens (including phenoxy) is 2. The first-order chi connectivity index (χ1) is 15.9. The van der Waals surface area contributed by atoms with Crippen LogP contribution in [0.3, 0.4) is 0 Å². The molecule has 4 saturated carbocycles. The van der Waals surface area contributed by atoms with E-state index in [0.717, 1.165) is 57.2 Å². The number of rotatable bonds is 5. The Kier molecular flexibility index (Phi) is 6.56. The number of nitrogens with one attached hydrogen (secondary N) is 1. The molecule has 1 saturated heterocycles. The summed E-state index contributed by atoms with van der Waals surface area (Å²) >= 11 is 0. The minimum atomic E-state index is -0.762. The Balaban J connectivity index is 1.38. The highest BCUT2D eigenvalue weighted by Crippen LogP contribution is 2.66. The van der Waals surface area contributed by atoms with Gasteiger partial charge in [-0.3, -0.25) is 9.98 Å². The lowest BCUT2D eigenvalue weighted by atomic mass is 9.44. The third-order valence-corrected chi connectivity index (χ3v) is 10.2. The first-order valence-electron chi connectivity index (χ1n) is 13.1. The van der Waals surface area contributed by atoms with Crippen LogP contribution in [0.25, 0.3) is 0 Å². The molecule has 184 valence electrons. The van der Waals surface area contributed by atoms with Crippen LogP contribution in [0, 0.1) is 34.5 Å². The van der Waals surface area contributed by atoms with Crippen LogP contribution in [0.1, 0.15) is 65.2 Å². The Morgan fingerprint density at radius 2 is 1.97 bits per heavy atom. The van der Waals surface area contributed by atoms with E-state index in [9.17, 15) is 0 Å². The van der Waals surface area contributed by atoms with Crippen LogP contribution in [-0.2, 0) is 9.47 Å². The monoisotopic (exact) mass is 459 g/mol. The van der Waals surface area contributed by atoms with Gasteiger partial charge < -0.3 is 14.8 Å². The van der Waals surface area contributed by atoms with Crippen molar-refractivity contribution in [3.63, 3.8) is 0 Å². The van der Waals surface area contributed by atoms with Gasteiger partial charge in [0.1, 0.15) is 19.6 Å². The van der Waals surface area contributed by atoms with E-state index in [0.29, 0.717) is 43.7 Å². The molecule has 1 heterocycles. The van der Waals surface area contributed by atoms with E-state index in [1.807, 2.05) is 0 Å². The molecule has 0 aromatic heterocycles. The van der Waals surface area contributed by atoms with Gasteiger partial charge in [-0.05, 0) is 74.2 Å². The quantitative estimate of drug-likeness (QED) is 0.591. The van der Waals surface area contributed by atoms with Gasteiger partial charge in [0.05, 0.1) is 6.10 Å². The van der Waals surface area contributed by atoms with Crippen LogP contribution in [0.5, 0.6) is 0 Å². The highest BCUT2D eigenvalue weighted by Gasteiger charge is 2.62. The Labute approximate surface area is 198 Å². The summed E-state index contributed by atoms with van der Waals surface area (Å²) < 4.78 is 26.7. The second-order valence-corrected chi connectivity index (χ2v) is 11.7. The first-order valence-corrected chi connectivity index (χ1v) is 13.1. The summed E-state index contributed by atoms with van der Waals surface area (Å²) in [4.78, 5) is 9.82. The van der Waals surface area contributed by atoms with E-state index in [1.54, 1.807) is 7.11 Å². The Morgan fingerprint density at radius 3 is 2.73 bits per heavy atom. The topological polar surface area (TPSA) is 55.2 Å². The zero-order valence-corrected chi connectivity index (χ0v) is 20.7. The van der Waals surface area contributed by atoms with Gasteiger partial charge in [0.15, 0.2) is 0 Å². The maximum absolute atomic E-state index is 15.4. The molecule has 4 aliphatic carbocycles. The number of hydrogen-bond donors (Lipinski definition) is 1. The van der Waals surface area contributed by atoms with Crippen molar-refractivity contribution in [2.45, 2.75) is 77.5 Å². The molecule has 0 aromatic rings. The molecule has 1 N–H and O–H groups in total. The van der Waals surface area contributed by atoms with Crippen LogP contribution in [0.2, 0.25) is 0 Å². The van der Waals surface area contributed by atoms with Crippen molar-refractivity contribution < 1.29 is 13.9 Å². The summed E-state index contributed by atoms with van der Waals surface area (Å²) in [6, 6.07) is 0. The molecule has 0 aromatic carbocycles. The van der Waals surface area contributed by atoms with Crippen LogP contribution in [0.15, 0.2) is 22.1 Å². The summed E-state index contributed by atoms with van der Waals surface area (Å²) in [5.41, 5.74) is 3.74. The predicted octanol–water partition coefficient (Wildman–Crippen LogP) is 4.97. The normalized spacial score (nSPS) is 47.6. The van der Waals surface area contributed by atoms with Gasteiger partial charge in [0.2, 0.25) is 0 Å². The highest BCUT2D eigenvalue weighted by molar-refractivity contribution is 5.96. The molecule has 5 nitrogen and oxygen atoms in total. The lowest BCUT2D eigenvalue weighted by molar-refractivity contribution is -0.0632. The number of allylic oxidation sites excluding steroid dienone is 1. The molecule has 6 unspecified atom stereocenters. The third-order valence-electron chi connectivity index (χ3n) is 10.2.